The Labute approximate surface area is 172 Å². The van der Waals surface area contributed by atoms with Gasteiger partial charge < -0.3 is 4.90 Å². The molecule has 1 amide bonds. The molecule has 0 unspecified atom stereocenters. The fraction of sp³-hybridized carbons (Fsp3) is 0.381. The van der Waals surface area contributed by atoms with E-state index in [2.05, 4.69) is 9.97 Å². The first-order valence-corrected chi connectivity index (χ1v) is 11.1. The van der Waals surface area contributed by atoms with E-state index in [1.165, 1.54) is 47.2 Å². The summed E-state index contributed by atoms with van der Waals surface area (Å²) in [6, 6.07) is 6.37. The summed E-state index contributed by atoms with van der Waals surface area (Å²) < 4.78 is 13.4. The number of carbonyl (C=O) groups is 1. The summed E-state index contributed by atoms with van der Waals surface area (Å²) >= 11 is 3.25. The van der Waals surface area contributed by atoms with Crippen LogP contribution in [-0.2, 0) is 24.2 Å². The minimum atomic E-state index is -0.286. The van der Waals surface area contributed by atoms with E-state index >= 15 is 0 Å². The van der Waals surface area contributed by atoms with E-state index in [-0.39, 0.29) is 17.0 Å². The highest BCUT2D eigenvalue weighted by Crippen LogP contribution is 2.40. The van der Waals surface area contributed by atoms with Gasteiger partial charge in [-0.15, -0.1) is 11.3 Å². The van der Waals surface area contributed by atoms with Crippen LogP contribution in [0.1, 0.15) is 35.8 Å². The number of nitrogens with zero attached hydrogens (tertiary/aromatic N) is 3. The highest BCUT2D eigenvalue weighted by atomic mass is 32.2. The van der Waals surface area contributed by atoms with Crippen molar-refractivity contribution < 1.29 is 9.18 Å². The first kappa shape index (κ1) is 19.3. The van der Waals surface area contributed by atoms with Crippen molar-refractivity contribution in [3.05, 3.63) is 52.4 Å². The molecule has 2 heterocycles. The number of aromatic nitrogens is 2. The van der Waals surface area contributed by atoms with Crippen molar-refractivity contribution in [2.24, 2.45) is 0 Å². The second-order valence-electron chi connectivity index (χ2n) is 7.15. The molecule has 1 aromatic carbocycles. The van der Waals surface area contributed by atoms with E-state index < -0.39 is 0 Å². The van der Waals surface area contributed by atoms with Crippen LogP contribution in [0.25, 0.3) is 10.2 Å². The number of hydrogen-bond acceptors (Lipinski definition) is 5. The summed E-state index contributed by atoms with van der Waals surface area (Å²) in [6.45, 7) is 2.29. The quantitative estimate of drug-likeness (QED) is 0.441. The average molecular weight is 416 g/mol. The first-order valence-electron chi connectivity index (χ1n) is 9.44. The van der Waals surface area contributed by atoms with Gasteiger partial charge in [0.25, 0.3) is 0 Å². The summed E-state index contributed by atoms with van der Waals surface area (Å²) in [5.74, 6) is -0.281. The van der Waals surface area contributed by atoms with Crippen molar-refractivity contribution in [2.45, 2.75) is 49.4 Å². The molecule has 0 aliphatic heterocycles. The Kier molecular flexibility index (Phi) is 5.64. The van der Waals surface area contributed by atoms with Gasteiger partial charge in [0.2, 0.25) is 5.91 Å². The van der Waals surface area contributed by atoms with Gasteiger partial charge in [-0.05, 0) is 55.9 Å². The summed E-state index contributed by atoms with van der Waals surface area (Å²) in [6.07, 6.45) is 6.21. The molecule has 3 aromatic rings. The molecule has 2 aromatic heterocycles. The molecule has 0 saturated heterocycles. The number of rotatable bonds is 5. The molecule has 1 aliphatic rings. The lowest BCUT2D eigenvalue weighted by atomic mass is 9.97. The molecule has 1 aliphatic carbocycles. The van der Waals surface area contributed by atoms with Crippen LogP contribution in [0.4, 0.5) is 4.39 Å². The van der Waals surface area contributed by atoms with E-state index in [1.807, 2.05) is 13.0 Å². The highest BCUT2D eigenvalue weighted by Gasteiger charge is 2.24. The number of halogens is 1. The zero-order chi connectivity index (χ0) is 19.7. The van der Waals surface area contributed by atoms with Gasteiger partial charge in [-0.1, -0.05) is 23.9 Å². The zero-order valence-corrected chi connectivity index (χ0v) is 17.6. The molecule has 4 nitrogen and oxygen atoms in total. The predicted octanol–water partition coefficient (Wildman–Crippen LogP) is 4.85. The lowest BCUT2D eigenvalue weighted by molar-refractivity contribution is -0.129. The Balaban J connectivity index is 1.52. The van der Waals surface area contributed by atoms with Gasteiger partial charge in [0.1, 0.15) is 22.0 Å². The molecule has 0 saturated carbocycles. The third kappa shape index (κ3) is 3.91. The summed E-state index contributed by atoms with van der Waals surface area (Å²) in [5, 5.41) is 1.75. The van der Waals surface area contributed by atoms with E-state index in [1.54, 1.807) is 35.7 Å². The van der Waals surface area contributed by atoms with E-state index in [0.29, 0.717) is 6.54 Å². The third-order valence-electron chi connectivity index (χ3n) is 5.04. The van der Waals surface area contributed by atoms with Crippen LogP contribution < -0.4 is 0 Å². The number of fused-ring (bicyclic) bond motifs is 3. The summed E-state index contributed by atoms with van der Waals surface area (Å²) in [5.41, 5.74) is 2.16. The molecule has 0 radical (unpaired) electrons. The topological polar surface area (TPSA) is 46.1 Å². The predicted molar refractivity (Wildman–Crippen MR) is 112 cm³/mol. The maximum absolute atomic E-state index is 13.4. The van der Waals surface area contributed by atoms with Gasteiger partial charge in [0.15, 0.2) is 0 Å². The summed E-state index contributed by atoms with van der Waals surface area (Å²) in [4.78, 5) is 25.9. The second-order valence-corrected chi connectivity index (χ2v) is 9.57. The zero-order valence-electron chi connectivity index (χ0n) is 15.9. The van der Waals surface area contributed by atoms with Crippen LogP contribution in [0, 0.1) is 5.82 Å². The fourth-order valence-corrected chi connectivity index (χ4v) is 6.02. The van der Waals surface area contributed by atoms with Crippen molar-refractivity contribution in [1.82, 2.24) is 14.9 Å². The van der Waals surface area contributed by atoms with Crippen molar-refractivity contribution in [1.29, 1.82) is 0 Å². The maximum atomic E-state index is 13.4. The van der Waals surface area contributed by atoms with Crippen LogP contribution in [0.15, 0.2) is 35.6 Å². The Morgan fingerprint density at radius 3 is 2.96 bits per heavy atom. The fourth-order valence-electron chi connectivity index (χ4n) is 3.67. The van der Waals surface area contributed by atoms with E-state index in [4.69, 9.17) is 0 Å². The number of thiophene rings is 1. The molecule has 0 spiro atoms. The number of hydrogen-bond donors (Lipinski definition) is 0. The van der Waals surface area contributed by atoms with Gasteiger partial charge in [-0.25, -0.2) is 14.4 Å². The highest BCUT2D eigenvalue weighted by molar-refractivity contribution is 8.00. The third-order valence-corrected chi connectivity index (χ3v) is 7.33. The normalized spacial score (nSPS) is 14.7. The standard InChI is InChI=1S/C21H22FN3OS2/c1-13(21(26)25(2)11-14-6-5-7-15(22)10-14)27-19-18-16-8-3-4-9-17(16)28-20(18)24-12-23-19/h5-7,10,12-13H,3-4,8-9,11H2,1-2H3/t13-/m0/s1. The van der Waals surface area contributed by atoms with Crippen molar-refractivity contribution in [3.63, 3.8) is 0 Å². The van der Waals surface area contributed by atoms with E-state index in [0.717, 1.165) is 33.6 Å². The number of amides is 1. The number of carbonyl (C=O) groups excluding carboxylic acids is 1. The van der Waals surface area contributed by atoms with Crippen molar-refractivity contribution in [2.75, 3.05) is 7.05 Å². The lowest BCUT2D eigenvalue weighted by Crippen LogP contribution is -2.32. The van der Waals surface area contributed by atoms with Gasteiger partial charge in [0.05, 0.1) is 5.25 Å². The molecule has 1 atom stereocenters. The maximum Gasteiger partial charge on any atom is 0.235 e. The Morgan fingerprint density at radius 2 is 2.14 bits per heavy atom. The van der Waals surface area contributed by atoms with Crippen molar-refractivity contribution >= 4 is 39.2 Å². The molecule has 0 bridgehead atoms. The first-order chi connectivity index (χ1) is 13.5. The lowest BCUT2D eigenvalue weighted by Gasteiger charge is -2.21. The van der Waals surface area contributed by atoms with Gasteiger partial charge in [0, 0.05) is 23.9 Å². The van der Waals surface area contributed by atoms with Gasteiger partial charge >= 0.3 is 0 Å². The molecular formula is C21H22FN3OS2. The molecule has 0 fully saturated rings. The molecule has 0 N–H and O–H groups in total. The number of thioether (sulfide) groups is 1. The number of benzene rings is 1. The van der Waals surface area contributed by atoms with E-state index in [9.17, 15) is 9.18 Å². The minimum Gasteiger partial charge on any atom is -0.340 e. The van der Waals surface area contributed by atoms with Crippen LogP contribution in [0.3, 0.4) is 0 Å². The smallest absolute Gasteiger partial charge is 0.235 e. The van der Waals surface area contributed by atoms with Crippen LogP contribution in [-0.4, -0.2) is 33.1 Å². The molecule has 4 rings (SSSR count). The molecule has 7 heteroatoms. The van der Waals surface area contributed by atoms with Crippen LogP contribution >= 0.6 is 23.1 Å². The SMILES string of the molecule is C[C@H](Sc1ncnc2sc3c(c12)CCCC3)C(=O)N(C)Cc1cccc(F)c1. The Morgan fingerprint density at radius 1 is 1.32 bits per heavy atom. The molecular weight excluding hydrogens is 393 g/mol. The second kappa shape index (κ2) is 8.17. The molecule has 146 valence electrons. The average Bonchev–Trinajstić information content (AvgIpc) is 3.07. The molecule has 28 heavy (non-hydrogen) atoms. The van der Waals surface area contributed by atoms with Crippen molar-refractivity contribution in [3.8, 4) is 0 Å². The Hall–Kier alpha value is -1.99. The van der Waals surface area contributed by atoms with Gasteiger partial charge in [-0.3, -0.25) is 4.79 Å². The monoisotopic (exact) mass is 415 g/mol. The number of aryl methyl sites for hydroxylation is 2. The van der Waals surface area contributed by atoms with Crippen LogP contribution in [0.5, 0.6) is 0 Å². The van der Waals surface area contributed by atoms with Gasteiger partial charge in [-0.2, -0.15) is 0 Å². The van der Waals surface area contributed by atoms with Crippen LogP contribution in [0.2, 0.25) is 0 Å². The minimum absolute atomic E-state index is 0.00474. The Bertz CT molecular complexity index is 1020. The summed E-state index contributed by atoms with van der Waals surface area (Å²) in [7, 11) is 1.76. The largest absolute Gasteiger partial charge is 0.340 e.